The van der Waals surface area contributed by atoms with Gasteiger partial charge in [-0.1, -0.05) is 17.7 Å². The van der Waals surface area contributed by atoms with Crippen LogP contribution in [0.3, 0.4) is 0 Å². The zero-order valence-electron chi connectivity index (χ0n) is 15.2. The predicted molar refractivity (Wildman–Crippen MR) is 114 cm³/mol. The summed E-state index contributed by atoms with van der Waals surface area (Å²) < 4.78 is 0. The van der Waals surface area contributed by atoms with Gasteiger partial charge in [0, 0.05) is 54.3 Å². The lowest BCUT2D eigenvalue weighted by molar-refractivity contribution is 0.250. The Hall–Kier alpha value is -1.95. The van der Waals surface area contributed by atoms with Gasteiger partial charge < -0.3 is 10.0 Å². The molecule has 4 rings (SSSR count). The van der Waals surface area contributed by atoms with Crippen molar-refractivity contribution >= 4 is 40.0 Å². The molecule has 1 saturated heterocycles. The minimum atomic E-state index is 0.306. The Kier molecular flexibility index (Phi) is 5.43. The summed E-state index contributed by atoms with van der Waals surface area (Å²) in [6.07, 6.45) is 2.06. The Morgan fingerprint density at radius 2 is 1.78 bits per heavy atom. The van der Waals surface area contributed by atoms with Crippen molar-refractivity contribution in [2.45, 2.75) is 11.4 Å². The number of rotatable bonds is 4. The first-order valence-corrected chi connectivity index (χ1v) is 10.6. The molecule has 6 heteroatoms. The van der Waals surface area contributed by atoms with Crippen molar-refractivity contribution in [3.8, 4) is 5.75 Å². The molecule has 2 aromatic carbocycles. The number of thioether (sulfide) groups is 1. The van der Waals surface area contributed by atoms with E-state index in [4.69, 9.17) is 11.6 Å². The highest BCUT2D eigenvalue weighted by molar-refractivity contribution is 7.98. The minimum absolute atomic E-state index is 0.306. The molecule has 1 aliphatic rings. The number of hydrogen-bond donors (Lipinski definition) is 1. The number of halogens is 1. The molecule has 1 aliphatic heterocycles. The molecule has 1 aromatic heterocycles. The minimum Gasteiger partial charge on any atom is -0.508 e. The fourth-order valence-electron chi connectivity index (χ4n) is 3.47. The van der Waals surface area contributed by atoms with E-state index in [0.717, 1.165) is 54.9 Å². The molecule has 4 nitrogen and oxygen atoms in total. The van der Waals surface area contributed by atoms with E-state index in [0.29, 0.717) is 10.9 Å². The third-order valence-electron chi connectivity index (χ3n) is 5.03. The number of hydrogen-bond acceptors (Lipinski definition) is 5. The molecule has 0 atom stereocenters. The van der Waals surface area contributed by atoms with Crippen LogP contribution in [0.1, 0.15) is 5.56 Å². The van der Waals surface area contributed by atoms with Crippen LogP contribution in [0.4, 0.5) is 5.69 Å². The Balaban J connectivity index is 1.44. The summed E-state index contributed by atoms with van der Waals surface area (Å²) in [6, 6.07) is 15.9. The Morgan fingerprint density at radius 3 is 2.48 bits per heavy atom. The second kappa shape index (κ2) is 7.97. The third-order valence-corrected chi connectivity index (χ3v) is 6.08. The lowest BCUT2D eigenvalue weighted by Gasteiger charge is -2.36. The van der Waals surface area contributed by atoms with Crippen LogP contribution >= 0.6 is 23.4 Å². The van der Waals surface area contributed by atoms with Gasteiger partial charge >= 0.3 is 0 Å². The van der Waals surface area contributed by atoms with Gasteiger partial charge in [0.25, 0.3) is 0 Å². The molecule has 3 aromatic rings. The number of phenolic OH excluding ortho intramolecular Hbond substituents is 1. The highest BCUT2D eigenvalue weighted by Crippen LogP contribution is 2.26. The molecular formula is C21H22ClN3OS. The van der Waals surface area contributed by atoms with E-state index in [1.165, 1.54) is 4.90 Å². The highest BCUT2D eigenvalue weighted by atomic mass is 35.5. The standard InChI is InChI=1S/C21H22ClN3OS/c1-27-19-7-2-15-12-16(21(22)23-20(15)13-19)14-24-8-10-25(11-9-24)17-3-5-18(26)6-4-17/h2-7,12-13,26H,8-11,14H2,1H3. The first-order valence-electron chi connectivity index (χ1n) is 9.02. The summed E-state index contributed by atoms with van der Waals surface area (Å²) in [5.74, 6) is 0.306. The van der Waals surface area contributed by atoms with Crippen molar-refractivity contribution in [2.75, 3.05) is 37.3 Å². The fourth-order valence-corrected chi connectivity index (χ4v) is 4.11. The predicted octanol–water partition coefficient (Wildman–Crippen LogP) is 4.64. The van der Waals surface area contributed by atoms with E-state index in [1.54, 1.807) is 23.9 Å². The van der Waals surface area contributed by atoms with Crippen LogP contribution in [0.15, 0.2) is 53.4 Å². The molecule has 0 unspecified atom stereocenters. The molecule has 27 heavy (non-hydrogen) atoms. The molecule has 140 valence electrons. The summed E-state index contributed by atoms with van der Waals surface area (Å²) in [7, 11) is 0. The molecule has 0 amide bonds. The molecule has 2 heterocycles. The summed E-state index contributed by atoms with van der Waals surface area (Å²) in [4.78, 5) is 10.6. The summed E-state index contributed by atoms with van der Waals surface area (Å²) >= 11 is 8.19. The number of aromatic hydroxyl groups is 1. The SMILES string of the molecule is CSc1ccc2cc(CN3CCN(c4ccc(O)cc4)CC3)c(Cl)nc2c1. The van der Waals surface area contributed by atoms with Gasteiger partial charge in [-0.25, -0.2) is 4.98 Å². The van der Waals surface area contributed by atoms with Gasteiger partial charge in [0.2, 0.25) is 0 Å². The van der Waals surface area contributed by atoms with Crippen LogP contribution in [-0.2, 0) is 6.54 Å². The zero-order valence-corrected chi connectivity index (χ0v) is 16.8. The second-order valence-corrected chi connectivity index (χ2v) is 8.01. The highest BCUT2D eigenvalue weighted by Gasteiger charge is 2.18. The van der Waals surface area contributed by atoms with Crippen LogP contribution in [0.2, 0.25) is 5.15 Å². The molecule has 0 spiro atoms. The maximum absolute atomic E-state index is 9.45. The van der Waals surface area contributed by atoms with Crippen LogP contribution < -0.4 is 4.90 Å². The van der Waals surface area contributed by atoms with E-state index >= 15 is 0 Å². The number of benzene rings is 2. The van der Waals surface area contributed by atoms with Gasteiger partial charge in [0.15, 0.2) is 0 Å². The summed E-state index contributed by atoms with van der Waals surface area (Å²) in [6.45, 7) is 4.68. The molecule has 0 radical (unpaired) electrons. The van der Waals surface area contributed by atoms with Crippen molar-refractivity contribution < 1.29 is 5.11 Å². The van der Waals surface area contributed by atoms with Crippen molar-refractivity contribution in [1.82, 2.24) is 9.88 Å². The number of nitrogens with zero attached hydrogens (tertiary/aromatic N) is 3. The molecular weight excluding hydrogens is 378 g/mol. The van der Waals surface area contributed by atoms with Crippen LogP contribution in [-0.4, -0.2) is 47.4 Å². The number of anilines is 1. The molecule has 1 fully saturated rings. The molecule has 0 aliphatic carbocycles. The number of phenols is 1. The van der Waals surface area contributed by atoms with Gasteiger partial charge in [-0.15, -0.1) is 11.8 Å². The number of aromatic nitrogens is 1. The summed E-state index contributed by atoms with van der Waals surface area (Å²) in [5, 5.41) is 11.2. The second-order valence-electron chi connectivity index (χ2n) is 6.78. The van der Waals surface area contributed by atoms with Gasteiger partial charge in [-0.2, -0.15) is 0 Å². The topological polar surface area (TPSA) is 39.6 Å². The third kappa shape index (κ3) is 4.15. The number of fused-ring (bicyclic) bond motifs is 1. The normalized spacial score (nSPS) is 15.4. The number of piperazine rings is 1. The largest absolute Gasteiger partial charge is 0.508 e. The van der Waals surface area contributed by atoms with Crippen molar-refractivity contribution in [2.24, 2.45) is 0 Å². The van der Waals surface area contributed by atoms with Crippen LogP contribution in [0.5, 0.6) is 5.75 Å². The number of pyridine rings is 1. The van der Waals surface area contributed by atoms with Gasteiger partial charge in [0.1, 0.15) is 10.9 Å². The maximum atomic E-state index is 9.45. The molecule has 1 N–H and O–H groups in total. The average molecular weight is 400 g/mol. The average Bonchev–Trinajstić information content (AvgIpc) is 2.69. The van der Waals surface area contributed by atoms with E-state index in [9.17, 15) is 5.11 Å². The zero-order chi connectivity index (χ0) is 18.8. The monoisotopic (exact) mass is 399 g/mol. The van der Waals surface area contributed by atoms with Gasteiger partial charge in [0.05, 0.1) is 5.52 Å². The molecule has 0 bridgehead atoms. The van der Waals surface area contributed by atoms with E-state index in [1.807, 2.05) is 12.1 Å². The first kappa shape index (κ1) is 18.4. The fraction of sp³-hybridized carbons (Fsp3) is 0.286. The first-order chi connectivity index (χ1) is 13.1. The quantitative estimate of drug-likeness (QED) is 0.511. The van der Waals surface area contributed by atoms with Crippen molar-refractivity contribution in [1.29, 1.82) is 0 Å². The van der Waals surface area contributed by atoms with Gasteiger partial charge in [-0.05, 0) is 48.7 Å². The van der Waals surface area contributed by atoms with Crippen molar-refractivity contribution in [3.05, 3.63) is 59.2 Å². The van der Waals surface area contributed by atoms with Crippen molar-refractivity contribution in [3.63, 3.8) is 0 Å². The molecule has 0 saturated carbocycles. The van der Waals surface area contributed by atoms with Gasteiger partial charge in [-0.3, -0.25) is 4.90 Å². The van der Waals surface area contributed by atoms with E-state index in [-0.39, 0.29) is 0 Å². The van der Waals surface area contributed by atoms with E-state index in [2.05, 4.69) is 45.3 Å². The van der Waals surface area contributed by atoms with Crippen LogP contribution in [0, 0.1) is 0 Å². The Bertz CT molecular complexity index is 940. The summed E-state index contributed by atoms with van der Waals surface area (Å²) in [5.41, 5.74) is 3.19. The lowest BCUT2D eigenvalue weighted by atomic mass is 10.1. The van der Waals surface area contributed by atoms with E-state index < -0.39 is 0 Å². The lowest BCUT2D eigenvalue weighted by Crippen LogP contribution is -2.46. The van der Waals surface area contributed by atoms with Crippen LogP contribution in [0.25, 0.3) is 10.9 Å². The maximum Gasteiger partial charge on any atom is 0.134 e. The Labute approximate surface area is 168 Å². The Morgan fingerprint density at radius 1 is 1.04 bits per heavy atom. The smallest absolute Gasteiger partial charge is 0.134 e.